The van der Waals surface area contributed by atoms with Gasteiger partial charge < -0.3 is 8.37 Å². The van der Waals surface area contributed by atoms with E-state index in [4.69, 9.17) is 19.0 Å². The Hall–Kier alpha value is -1.32. The van der Waals surface area contributed by atoms with Crippen LogP contribution in [-0.4, -0.2) is 6.26 Å². The van der Waals surface area contributed by atoms with Gasteiger partial charge in [0.1, 0.15) is 0 Å². The molecule has 0 aliphatic carbocycles. The molecule has 0 unspecified atom stereocenters. The molecule has 2 aromatic rings. The number of halogens is 1. The lowest BCUT2D eigenvalue weighted by Crippen LogP contribution is -2.04. The van der Waals surface area contributed by atoms with Gasteiger partial charge in [-0.05, 0) is 21.9 Å². The summed E-state index contributed by atoms with van der Waals surface area (Å²) in [5.41, 5.74) is 2.03. The van der Waals surface area contributed by atoms with Crippen LogP contribution in [0.5, 0.6) is 11.5 Å². The molecule has 0 saturated heterocycles. The van der Waals surface area contributed by atoms with E-state index >= 15 is 0 Å². The molecule has 1 aliphatic rings. The Morgan fingerprint density at radius 2 is 1.24 bits per heavy atom. The lowest BCUT2D eigenvalue weighted by atomic mass is 10.0. The van der Waals surface area contributed by atoms with Crippen molar-refractivity contribution in [2.24, 2.45) is 0 Å². The van der Waals surface area contributed by atoms with E-state index in [1.807, 2.05) is 48.5 Å². The molecular formula is C13H11ClO2S. The molecule has 2 aromatic carbocycles. The fraction of sp³-hybridized carbons (Fsp3) is 0.0769. The normalized spacial score (nSPS) is 17.8. The van der Waals surface area contributed by atoms with Gasteiger partial charge in [-0.2, -0.15) is 0 Å². The van der Waals surface area contributed by atoms with E-state index in [2.05, 4.69) is 0 Å². The highest BCUT2D eigenvalue weighted by Gasteiger charge is 2.24. The third-order valence-electron chi connectivity index (χ3n) is 2.54. The quantitative estimate of drug-likeness (QED) is 0.697. The minimum absolute atomic E-state index is 0.768. The van der Waals surface area contributed by atoms with Crippen molar-refractivity contribution in [3.8, 4) is 22.6 Å². The number of fused-ring (bicyclic) bond motifs is 3. The number of hydrogen-bond acceptors (Lipinski definition) is 2. The van der Waals surface area contributed by atoms with E-state index in [1.54, 1.807) is 6.26 Å². The Kier molecular flexibility index (Phi) is 2.45. The minimum atomic E-state index is -2.07. The Balaban J connectivity index is 2.28. The second-order valence-corrected chi connectivity index (χ2v) is 7.22. The first-order valence-electron chi connectivity index (χ1n) is 5.21. The molecule has 0 fully saturated rings. The van der Waals surface area contributed by atoms with Crippen LogP contribution in [0.4, 0.5) is 0 Å². The first kappa shape index (κ1) is 10.8. The number of para-hydroxylation sites is 2. The summed E-state index contributed by atoms with van der Waals surface area (Å²) in [5, 5.41) is 0. The van der Waals surface area contributed by atoms with Crippen molar-refractivity contribution in [3.05, 3.63) is 48.5 Å². The maximum absolute atomic E-state index is 6.27. The van der Waals surface area contributed by atoms with Gasteiger partial charge in [-0.3, -0.25) is 0 Å². The molecule has 0 spiro atoms. The SMILES string of the molecule is CS1(Cl)Oc2ccccc2-c2ccccc2O1. The highest BCUT2D eigenvalue weighted by molar-refractivity contribution is 8.44. The zero-order valence-corrected chi connectivity index (χ0v) is 10.8. The highest BCUT2D eigenvalue weighted by Crippen LogP contribution is 2.57. The third-order valence-corrected chi connectivity index (χ3v) is 3.87. The van der Waals surface area contributed by atoms with E-state index in [1.165, 1.54) is 0 Å². The summed E-state index contributed by atoms with van der Waals surface area (Å²) in [6.07, 6.45) is 1.77. The molecule has 3 rings (SSSR count). The van der Waals surface area contributed by atoms with Crippen LogP contribution in [0.2, 0.25) is 0 Å². The van der Waals surface area contributed by atoms with Crippen LogP contribution < -0.4 is 8.37 Å². The van der Waals surface area contributed by atoms with Gasteiger partial charge in [-0.25, -0.2) is 0 Å². The summed E-state index contributed by atoms with van der Waals surface area (Å²) in [6, 6.07) is 15.7. The first-order valence-corrected chi connectivity index (χ1v) is 7.93. The van der Waals surface area contributed by atoms with Crippen molar-refractivity contribution in [1.82, 2.24) is 0 Å². The van der Waals surface area contributed by atoms with E-state index < -0.39 is 9.80 Å². The summed E-state index contributed by atoms with van der Waals surface area (Å²) >= 11 is 0. The largest absolute Gasteiger partial charge is 0.368 e. The maximum Gasteiger partial charge on any atom is 0.161 e. The highest BCUT2D eigenvalue weighted by atomic mass is 35.7. The minimum Gasteiger partial charge on any atom is -0.368 e. The third kappa shape index (κ3) is 1.96. The van der Waals surface area contributed by atoms with Crippen molar-refractivity contribution < 1.29 is 8.37 Å². The molecule has 88 valence electrons. The van der Waals surface area contributed by atoms with Crippen LogP contribution >= 0.6 is 20.5 Å². The van der Waals surface area contributed by atoms with E-state index in [-0.39, 0.29) is 0 Å². The molecule has 1 heterocycles. The standard InChI is InChI=1S/C13H11ClO2S/c1-17(14)15-12-8-4-2-6-10(12)11-7-3-5-9-13(11)16-17/h2-9H,1H3. The lowest BCUT2D eigenvalue weighted by Gasteiger charge is -2.30. The second-order valence-electron chi connectivity index (χ2n) is 3.84. The second kappa shape index (κ2) is 3.86. The summed E-state index contributed by atoms with van der Waals surface area (Å²) in [5.74, 6) is 1.54. The molecule has 0 bridgehead atoms. The van der Waals surface area contributed by atoms with E-state index in [0.29, 0.717) is 0 Å². The molecule has 2 nitrogen and oxygen atoms in total. The molecule has 4 heteroatoms. The van der Waals surface area contributed by atoms with Gasteiger partial charge in [0.25, 0.3) is 0 Å². The predicted octanol–water partition coefficient (Wildman–Crippen LogP) is 4.54. The Bertz CT molecular complexity index is 519. The summed E-state index contributed by atoms with van der Waals surface area (Å²) in [7, 11) is 4.20. The van der Waals surface area contributed by atoms with Gasteiger partial charge in [0.05, 0.1) is 6.26 Å². The zero-order chi connectivity index (χ0) is 11.9. The first-order chi connectivity index (χ1) is 8.16. The van der Waals surface area contributed by atoms with Crippen molar-refractivity contribution in [3.63, 3.8) is 0 Å². The number of hydrogen-bond donors (Lipinski definition) is 0. The van der Waals surface area contributed by atoms with E-state index in [0.717, 1.165) is 22.6 Å². The zero-order valence-electron chi connectivity index (χ0n) is 9.22. The average Bonchev–Trinajstić information content (AvgIpc) is 2.40. The van der Waals surface area contributed by atoms with Gasteiger partial charge in [0.2, 0.25) is 0 Å². The van der Waals surface area contributed by atoms with Crippen LogP contribution in [-0.2, 0) is 0 Å². The Morgan fingerprint density at radius 3 is 1.71 bits per heavy atom. The molecule has 0 atom stereocenters. The molecule has 17 heavy (non-hydrogen) atoms. The Labute approximate surface area is 106 Å². The fourth-order valence-corrected chi connectivity index (χ4v) is 3.23. The summed E-state index contributed by atoms with van der Waals surface area (Å²) < 4.78 is 11.5. The maximum atomic E-state index is 6.27. The summed E-state index contributed by atoms with van der Waals surface area (Å²) in [6.45, 7) is 0. The predicted molar refractivity (Wildman–Crippen MR) is 72.5 cm³/mol. The van der Waals surface area contributed by atoms with Crippen LogP contribution in [0.1, 0.15) is 0 Å². The van der Waals surface area contributed by atoms with Gasteiger partial charge >= 0.3 is 0 Å². The fourth-order valence-electron chi connectivity index (χ4n) is 1.86. The summed E-state index contributed by atoms with van der Waals surface area (Å²) in [4.78, 5) is 0. The average molecular weight is 267 g/mol. The molecular weight excluding hydrogens is 256 g/mol. The molecule has 1 aliphatic heterocycles. The monoisotopic (exact) mass is 266 g/mol. The van der Waals surface area contributed by atoms with Crippen LogP contribution in [0, 0.1) is 0 Å². The number of rotatable bonds is 0. The Morgan fingerprint density at radius 1 is 0.824 bits per heavy atom. The number of benzene rings is 2. The van der Waals surface area contributed by atoms with Crippen molar-refractivity contribution in [1.29, 1.82) is 0 Å². The van der Waals surface area contributed by atoms with Gasteiger partial charge in [-0.15, -0.1) is 0 Å². The van der Waals surface area contributed by atoms with Gasteiger partial charge in [-0.1, -0.05) is 36.4 Å². The van der Waals surface area contributed by atoms with Gasteiger partial charge in [0, 0.05) is 21.8 Å². The topological polar surface area (TPSA) is 18.5 Å². The van der Waals surface area contributed by atoms with Crippen LogP contribution in [0.3, 0.4) is 0 Å². The van der Waals surface area contributed by atoms with E-state index in [9.17, 15) is 0 Å². The molecule has 0 amide bonds. The smallest absolute Gasteiger partial charge is 0.161 e. The van der Waals surface area contributed by atoms with Crippen LogP contribution in [0.25, 0.3) is 11.1 Å². The molecule has 0 saturated carbocycles. The van der Waals surface area contributed by atoms with Gasteiger partial charge in [0.15, 0.2) is 11.5 Å². The molecule has 0 radical (unpaired) electrons. The molecule has 0 aromatic heterocycles. The van der Waals surface area contributed by atoms with Crippen molar-refractivity contribution >= 4 is 20.5 Å². The lowest BCUT2D eigenvalue weighted by molar-refractivity contribution is 0.527. The van der Waals surface area contributed by atoms with Crippen molar-refractivity contribution in [2.45, 2.75) is 0 Å². The van der Waals surface area contributed by atoms with Crippen molar-refractivity contribution in [2.75, 3.05) is 6.26 Å². The van der Waals surface area contributed by atoms with Crippen LogP contribution in [0.15, 0.2) is 48.5 Å². The molecule has 0 N–H and O–H groups in total.